The van der Waals surface area contributed by atoms with Crippen LogP contribution in [0.5, 0.6) is 0 Å². The van der Waals surface area contributed by atoms with Gasteiger partial charge in [-0.15, -0.1) is 0 Å². The predicted molar refractivity (Wildman–Crippen MR) is 56.3 cm³/mol. The number of alkyl halides is 1. The van der Waals surface area contributed by atoms with Crippen LogP contribution in [0.4, 0.5) is 4.39 Å². The molecule has 2 atom stereocenters. The van der Waals surface area contributed by atoms with E-state index in [0.29, 0.717) is 10.6 Å². The fourth-order valence-corrected chi connectivity index (χ4v) is 1.85. The highest BCUT2D eigenvalue weighted by atomic mass is 35.5. The van der Waals surface area contributed by atoms with E-state index in [1.807, 2.05) is 0 Å². The summed E-state index contributed by atoms with van der Waals surface area (Å²) in [5, 5.41) is 3.74. The van der Waals surface area contributed by atoms with Crippen molar-refractivity contribution in [2.45, 2.75) is 25.1 Å². The van der Waals surface area contributed by atoms with Gasteiger partial charge >= 0.3 is 0 Å². The highest BCUT2D eigenvalue weighted by Gasteiger charge is 2.39. The molecule has 1 heterocycles. The Balaban J connectivity index is 2.23. The fourth-order valence-electron chi connectivity index (χ4n) is 1.73. The summed E-state index contributed by atoms with van der Waals surface area (Å²) in [6.45, 7) is 2.53. The average Bonchev–Trinajstić information content (AvgIpc) is 2.00. The van der Waals surface area contributed by atoms with E-state index in [1.165, 1.54) is 0 Å². The molecule has 0 radical (unpaired) electrons. The van der Waals surface area contributed by atoms with Gasteiger partial charge in [-0.2, -0.15) is 0 Å². The zero-order valence-corrected chi connectivity index (χ0v) is 8.81. The number of nitrogens with one attached hydrogen (secondary N) is 1. The second-order valence-electron chi connectivity index (χ2n) is 3.88. The number of halogens is 2. The highest BCUT2D eigenvalue weighted by Crippen LogP contribution is 2.34. The van der Waals surface area contributed by atoms with Gasteiger partial charge in [0.1, 0.15) is 5.67 Å². The summed E-state index contributed by atoms with van der Waals surface area (Å²) in [6, 6.07) is 6.91. The molecule has 1 N–H and O–H groups in total. The van der Waals surface area contributed by atoms with Gasteiger partial charge in [0.25, 0.3) is 0 Å². The third kappa shape index (κ3) is 1.64. The summed E-state index contributed by atoms with van der Waals surface area (Å²) in [4.78, 5) is 0. The maximum absolute atomic E-state index is 14.3. The predicted octanol–water partition coefficient (Wildman–Crippen LogP) is 2.89. The lowest BCUT2D eigenvalue weighted by Crippen LogP contribution is -2.53. The number of hydrogen-bond donors (Lipinski definition) is 1. The van der Waals surface area contributed by atoms with Crippen molar-refractivity contribution in [1.82, 2.24) is 5.32 Å². The third-order valence-corrected chi connectivity index (χ3v) is 3.14. The molecule has 1 aliphatic rings. The molecule has 14 heavy (non-hydrogen) atoms. The lowest BCUT2D eigenvalue weighted by atomic mass is 9.84. The van der Waals surface area contributed by atoms with Gasteiger partial charge in [0.2, 0.25) is 0 Å². The van der Waals surface area contributed by atoms with Gasteiger partial charge in [-0.1, -0.05) is 23.7 Å². The molecule has 76 valence electrons. The molecule has 1 nitrogen and oxygen atoms in total. The van der Waals surface area contributed by atoms with Crippen molar-refractivity contribution < 1.29 is 4.39 Å². The Labute approximate surface area is 88.3 Å². The summed E-state index contributed by atoms with van der Waals surface area (Å²) < 4.78 is 14.3. The van der Waals surface area contributed by atoms with Gasteiger partial charge in [0.15, 0.2) is 0 Å². The zero-order chi connectivity index (χ0) is 10.2. The first-order valence-electron chi connectivity index (χ1n) is 4.79. The second-order valence-corrected chi connectivity index (χ2v) is 4.31. The molecule has 3 heteroatoms. The van der Waals surface area contributed by atoms with Crippen molar-refractivity contribution in [3.05, 3.63) is 34.9 Å². The molecule has 1 saturated heterocycles. The van der Waals surface area contributed by atoms with E-state index >= 15 is 0 Å². The molecule has 0 aromatic heterocycles. The molecular formula is C11H13ClFN. The Morgan fingerprint density at radius 2 is 2.00 bits per heavy atom. The molecule has 2 unspecified atom stereocenters. The Hall–Kier alpha value is -0.600. The van der Waals surface area contributed by atoms with Crippen LogP contribution in [-0.2, 0) is 5.67 Å². The first kappa shape index (κ1) is 9.94. The molecule has 0 amide bonds. The largest absolute Gasteiger partial charge is 0.311 e. The van der Waals surface area contributed by atoms with E-state index < -0.39 is 5.67 Å². The monoisotopic (exact) mass is 213 g/mol. The topological polar surface area (TPSA) is 12.0 Å². The van der Waals surface area contributed by atoms with Crippen molar-refractivity contribution in [3.63, 3.8) is 0 Å². The van der Waals surface area contributed by atoms with Crippen LogP contribution in [-0.4, -0.2) is 12.6 Å². The van der Waals surface area contributed by atoms with E-state index in [1.54, 1.807) is 31.2 Å². The van der Waals surface area contributed by atoms with Crippen molar-refractivity contribution in [2.24, 2.45) is 0 Å². The van der Waals surface area contributed by atoms with E-state index in [4.69, 9.17) is 11.6 Å². The molecule has 2 rings (SSSR count). The first-order chi connectivity index (χ1) is 6.60. The van der Waals surface area contributed by atoms with E-state index in [9.17, 15) is 4.39 Å². The Morgan fingerprint density at radius 3 is 2.43 bits per heavy atom. The molecule has 0 spiro atoms. The minimum atomic E-state index is -1.29. The lowest BCUT2D eigenvalue weighted by Gasteiger charge is -2.38. The van der Waals surface area contributed by atoms with Crippen LogP contribution in [0.3, 0.4) is 0 Å². The molecular weight excluding hydrogens is 201 g/mol. The highest BCUT2D eigenvalue weighted by molar-refractivity contribution is 6.30. The van der Waals surface area contributed by atoms with Crippen LogP contribution in [0.15, 0.2) is 24.3 Å². The Morgan fingerprint density at radius 1 is 1.43 bits per heavy atom. The third-order valence-electron chi connectivity index (χ3n) is 2.89. The van der Waals surface area contributed by atoms with E-state index in [0.717, 1.165) is 13.0 Å². The number of hydrogen-bond acceptors (Lipinski definition) is 1. The quantitative estimate of drug-likeness (QED) is 0.797. The standard InChI is InChI=1S/C11H13ClFN/c1-11(13,10-6-7-14-10)8-2-4-9(12)5-3-8/h2-5,10,14H,6-7H2,1H3. The average molecular weight is 214 g/mol. The second kappa shape index (κ2) is 3.52. The molecule has 1 fully saturated rings. The Kier molecular flexibility index (Phi) is 2.50. The van der Waals surface area contributed by atoms with Crippen LogP contribution < -0.4 is 5.32 Å². The van der Waals surface area contributed by atoms with Crippen molar-refractivity contribution in [1.29, 1.82) is 0 Å². The van der Waals surface area contributed by atoms with Crippen LogP contribution in [0.1, 0.15) is 18.9 Å². The van der Waals surface area contributed by atoms with Gasteiger partial charge in [0, 0.05) is 11.1 Å². The molecule has 0 aliphatic carbocycles. The molecule has 1 aromatic carbocycles. The normalized spacial score (nSPS) is 25.2. The van der Waals surface area contributed by atoms with E-state index in [2.05, 4.69) is 5.32 Å². The van der Waals surface area contributed by atoms with Crippen LogP contribution in [0, 0.1) is 0 Å². The summed E-state index contributed by atoms with van der Waals surface area (Å²) >= 11 is 5.75. The van der Waals surface area contributed by atoms with Gasteiger partial charge in [-0.25, -0.2) is 4.39 Å². The first-order valence-corrected chi connectivity index (χ1v) is 5.17. The van der Waals surface area contributed by atoms with Crippen molar-refractivity contribution in [2.75, 3.05) is 6.54 Å². The minimum absolute atomic E-state index is 0.0522. The summed E-state index contributed by atoms with van der Waals surface area (Å²) in [6.07, 6.45) is 0.898. The van der Waals surface area contributed by atoms with Gasteiger partial charge in [-0.3, -0.25) is 0 Å². The number of rotatable bonds is 2. The lowest BCUT2D eigenvalue weighted by molar-refractivity contribution is 0.0858. The zero-order valence-electron chi connectivity index (χ0n) is 8.06. The molecule has 0 saturated carbocycles. The Bertz CT molecular complexity index is 317. The SMILES string of the molecule is CC(F)(c1ccc(Cl)cc1)C1CCN1. The van der Waals surface area contributed by atoms with Gasteiger partial charge in [-0.05, 0) is 37.6 Å². The van der Waals surface area contributed by atoms with E-state index in [-0.39, 0.29) is 6.04 Å². The van der Waals surface area contributed by atoms with Crippen LogP contribution in [0.2, 0.25) is 5.02 Å². The summed E-state index contributed by atoms with van der Waals surface area (Å²) in [5.74, 6) is 0. The maximum atomic E-state index is 14.3. The fraction of sp³-hybridized carbons (Fsp3) is 0.455. The molecule has 0 bridgehead atoms. The molecule has 1 aliphatic heterocycles. The number of benzene rings is 1. The van der Waals surface area contributed by atoms with Crippen molar-refractivity contribution in [3.8, 4) is 0 Å². The minimum Gasteiger partial charge on any atom is -0.311 e. The summed E-state index contributed by atoms with van der Waals surface area (Å²) in [7, 11) is 0. The maximum Gasteiger partial charge on any atom is 0.148 e. The smallest absolute Gasteiger partial charge is 0.148 e. The van der Waals surface area contributed by atoms with Crippen LogP contribution in [0.25, 0.3) is 0 Å². The summed E-state index contributed by atoms with van der Waals surface area (Å²) in [5.41, 5.74) is -0.595. The van der Waals surface area contributed by atoms with Crippen molar-refractivity contribution >= 4 is 11.6 Å². The van der Waals surface area contributed by atoms with Gasteiger partial charge in [0.05, 0.1) is 0 Å². The van der Waals surface area contributed by atoms with Gasteiger partial charge < -0.3 is 5.32 Å². The molecule has 1 aromatic rings. The van der Waals surface area contributed by atoms with Crippen LogP contribution >= 0.6 is 11.6 Å².